The van der Waals surface area contributed by atoms with Gasteiger partial charge in [-0.25, -0.2) is 4.79 Å². The number of carbonyl (C=O) groups excluding carboxylic acids is 1. The van der Waals surface area contributed by atoms with E-state index >= 15 is 0 Å². The molecule has 0 amide bonds. The zero-order valence-electron chi connectivity index (χ0n) is 12.7. The number of esters is 1. The van der Waals surface area contributed by atoms with E-state index in [9.17, 15) is 4.79 Å². The molecule has 3 heteroatoms. The van der Waals surface area contributed by atoms with Crippen molar-refractivity contribution < 1.29 is 14.3 Å². The summed E-state index contributed by atoms with van der Waals surface area (Å²) in [7, 11) is 1.39. The highest BCUT2D eigenvalue weighted by Crippen LogP contribution is 2.28. The quantitative estimate of drug-likeness (QED) is 0.776. The van der Waals surface area contributed by atoms with Crippen molar-refractivity contribution in [3.63, 3.8) is 0 Å². The lowest BCUT2D eigenvalue weighted by atomic mass is 9.86. The Balaban J connectivity index is 3.13. The Bertz CT molecular complexity index is 442. The van der Waals surface area contributed by atoms with Gasteiger partial charge in [0.15, 0.2) is 0 Å². The van der Waals surface area contributed by atoms with Crippen LogP contribution in [0.5, 0.6) is 5.75 Å². The summed E-state index contributed by atoms with van der Waals surface area (Å²) in [5, 5.41) is 0. The first-order valence-corrected chi connectivity index (χ1v) is 6.61. The lowest BCUT2D eigenvalue weighted by Gasteiger charge is -2.21. The van der Waals surface area contributed by atoms with Crippen LogP contribution >= 0.6 is 0 Å². The summed E-state index contributed by atoms with van der Waals surface area (Å²) in [5.74, 6) is 0.645. The van der Waals surface area contributed by atoms with Gasteiger partial charge in [0.05, 0.1) is 13.7 Å². The van der Waals surface area contributed by atoms with Crippen molar-refractivity contribution >= 4 is 5.97 Å². The predicted octanol–water partition coefficient (Wildman–Crippen LogP) is 3.81. The maximum absolute atomic E-state index is 11.9. The third-order valence-corrected chi connectivity index (χ3v) is 2.82. The van der Waals surface area contributed by atoms with E-state index in [-0.39, 0.29) is 11.4 Å². The average Bonchev–Trinajstić information content (AvgIpc) is 2.34. The largest absolute Gasteiger partial charge is 0.492 e. The van der Waals surface area contributed by atoms with Crippen molar-refractivity contribution in [3.05, 3.63) is 29.3 Å². The fraction of sp³-hybridized carbons (Fsp3) is 0.562. The summed E-state index contributed by atoms with van der Waals surface area (Å²) in [4.78, 5) is 11.9. The van der Waals surface area contributed by atoms with Gasteiger partial charge in [-0.1, -0.05) is 40.7 Å². The Hall–Kier alpha value is -1.51. The van der Waals surface area contributed by atoms with E-state index in [0.29, 0.717) is 23.8 Å². The van der Waals surface area contributed by atoms with E-state index in [0.717, 1.165) is 5.56 Å². The van der Waals surface area contributed by atoms with Crippen LogP contribution in [0.2, 0.25) is 0 Å². The molecule has 0 fully saturated rings. The Labute approximate surface area is 115 Å². The lowest BCUT2D eigenvalue weighted by Crippen LogP contribution is -2.15. The molecule has 0 aliphatic heterocycles. The summed E-state index contributed by atoms with van der Waals surface area (Å²) in [6, 6.07) is 5.72. The molecule has 0 saturated heterocycles. The molecule has 1 rings (SSSR count). The number of benzene rings is 1. The predicted molar refractivity (Wildman–Crippen MR) is 76.8 cm³/mol. The van der Waals surface area contributed by atoms with Gasteiger partial charge in [0.2, 0.25) is 0 Å². The minimum absolute atomic E-state index is 0.0145. The highest BCUT2D eigenvalue weighted by Gasteiger charge is 2.20. The second-order valence-electron chi connectivity index (χ2n) is 6.16. The van der Waals surface area contributed by atoms with Crippen LogP contribution in [0.25, 0.3) is 0 Å². The summed E-state index contributed by atoms with van der Waals surface area (Å²) < 4.78 is 10.5. The minimum atomic E-state index is -0.357. The molecule has 1 aromatic rings. The van der Waals surface area contributed by atoms with Crippen LogP contribution in [0.4, 0.5) is 0 Å². The Morgan fingerprint density at radius 2 is 1.89 bits per heavy atom. The van der Waals surface area contributed by atoms with Gasteiger partial charge in [-0.05, 0) is 29.0 Å². The molecule has 0 N–H and O–H groups in total. The molecule has 0 heterocycles. The molecular weight excluding hydrogens is 240 g/mol. The van der Waals surface area contributed by atoms with Crippen LogP contribution in [-0.4, -0.2) is 19.7 Å². The topological polar surface area (TPSA) is 35.5 Å². The maximum atomic E-state index is 11.9. The van der Waals surface area contributed by atoms with Gasteiger partial charge in [0.1, 0.15) is 11.3 Å². The van der Waals surface area contributed by atoms with Gasteiger partial charge in [0, 0.05) is 0 Å². The average molecular weight is 264 g/mol. The molecular formula is C16H24O3. The van der Waals surface area contributed by atoms with Crippen LogP contribution in [0.15, 0.2) is 18.2 Å². The molecule has 0 atom stereocenters. The SMILES string of the molecule is COC(=O)c1cc(C(C)(C)C)ccc1OCC(C)C. The molecule has 3 nitrogen and oxygen atoms in total. The highest BCUT2D eigenvalue weighted by molar-refractivity contribution is 5.92. The normalized spacial score (nSPS) is 11.5. The number of rotatable bonds is 4. The fourth-order valence-corrected chi connectivity index (χ4v) is 1.65. The van der Waals surface area contributed by atoms with Crippen molar-refractivity contribution in [2.75, 3.05) is 13.7 Å². The van der Waals surface area contributed by atoms with E-state index in [1.54, 1.807) is 0 Å². The second-order valence-corrected chi connectivity index (χ2v) is 6.16. The number of hydrogen-bond donors (Lipinski definition) is 0. The highest BCUT2D eigenvalue weighted by atomic mass is 16.5. The van der Waals surface area contributed by atoms with Crippen LogP contribution < -0.4 is 4.74 Å². The Morgan fingerprint density at radius 3 is 2.37 bits per heavy atom. The first-order valence-electron chi connectivity index (χ1n) is 6.61. The van der Waals surface area contributed by atoms with Crippen LogP contribution in [0.1, 0.15) is 50.5 Å². The van der Waals surface area contributed by atoms with Crippen molar-refractivity contribution in [1.29, 1.82) is 0 Å². The van der Waals surface area contributed by atoms with Gasteiger partial charge in [-0.3, -0.25) is 0 Å². The first-order chi connectivity index (χ1) is 8.75. The Kier molecular flexibility index (Phi) is 4.98. The van der Waals surface area contributed by atoms with E-state index in [4.69, 9.17) is 9.47 Å². The first kappa shape index (κ1) is 15.5. The smallest absolute Gasteiger partial charge is 0.341 e. The zero-order valence-corrected chi connectivity index (χ0v) is 12.7. The van der Waals surface area contributed by atoms with E-state index in [2.05, 4.69) is 34.6 Å². The Morgan fingerprint density at radius 1 is 1.26 bits per heavy atom. The third kappa shape index (κ3) is 4.27. The molecule has 0 aliphatic rings. The molecule has 106 valence electrons. The monoisotopic (exact) mass is 264 g/mol. The molecule has 0 spiro atoms. The van der Waals surface area contributed by atoms with Crippen molar-refractivity contribution in [3.8, 4) is 5.75 Å². The second kappa shape index (κ2) is 6.09. The number of ether oxygens (including phenoxy) is 2. The van der Waals surface area contributed by atoms with Gasteiger partial charge in [-0.15, -0.1) is 0 Å². The third-order valence-electron chi connectivity index (χ3n) is 2.82. The van der Waals surface area contributed by atoms with E-state index < -0.39 is 0 Å². The summed E-state index contributed by atoms with van der Waals surface area (Å²) in [5.41, 5.74) is 1.57. The molecule has 0 bridgehead atoms. The summed E-state index contributed by atoms with van der Waals surface area (Å²) >= 11 is 0. The maximum Gasteiger partial charge on any atom is 0.341 e. The molecule has 1 aromatic carbocycles. The standard InChI is InChI=1S/C16H24O3/c1-11(2)10-19-14-8-7-12(16(3,4)5)9-13(14)15(17)18-6/h7-9,11H,10H2,1-6H3. The number of methoxy groups -OCH3 is 1. The molecule has 0 saturated carbocycles. The van der Waals surface area contributed by atoms with Gasteiger partial charge in [0.25, 0.3) is 0 Å². The molecule has 0 unspecified atom stereocenters. The molecule has 0 aliphatic carbocycles. The number of carbonyl (C=O) groups is 1. The fourth-order valence-electron chi connectivity index (χ4n) is 1.65. The van der Waals surface area contributed by atoms with Gasteiger partial charge in [-0.2, -0.15) is 0 Å². The van der Waals surface area contributed by atoms with Crippen LogP contribution in [-0.2, 0) is 10.2 Å². The number of hydrogen-bond acceptors (Lipinski definition) is 3. The molecule has 19 heavy (non-hydrogen) atoms. The van der Waals surface area contributed by atoms with Crippen LogP contribution in [0.3, 0.4) is 0 Å². The van der Waals surface area contributed by atoms with Crippen molar-refractivity contribution in [1.82, 2.24) is 0 Å². The lowest BCUT2D eigenvalue weighted by molar-refractivity contribution is 0.0595. The summed E-state index contributed by atoms with van der Waals surface area (Å²) in [6.07, 6.45) is 0. The van der Waals surface area contributed by atoms with Gasteiger partial charge >= 0.3 is 5.97 Å². The summed E-state index contributed by atoms with van der Waals surface area (Å²) in [6.45, 7) is 11.1. The van der Waals surface area contributed by atoms with Gasteiger partial charge < -0.3 is 9.47 Å². The van der Waals surface area contributed by atoms with Crippen molar-refractivity contribution in [2.45, 2.75) is 40.0 Å². The van der Waals surface area contributed by atoms with E-state index in [1.165, 1.54) is 7.11 Å². The van der Waals surface area contributed by atoms with Crippen molar-refractivity contribution in [2.24, 2.45) is 5.92 Å². The van der Waals surface area contributed by atoms with E-state index in [1.807, 2.05) is 18.2 Å². The molecule has 0 aromatic heterocycles. The van der Waals surface area contributed by atoms with Crippen LogP contribution in [0, 0.1) is 5.92 Å². The zero-order chi connectivity index (χ0) is 14.6. The minimum Gasteiger partial charge on any atom is -0.492 e. The molecule has 0 radical (unpaired) electrons.